The molecule has 1 aliphatic carbocycles. The Morgan fingerprint density at radius 2 is 1.95 bits per heavy atom. The van der Waals surface area contributed by atoms with Gasteiger partial charge in [0.2, 0.25) is 5.95 Å². The lowest BCUT2D eigenvalue weighted by Crippen LogP contribution is -2.43. The number of nitrogens with two attached hydrogens (primary N) is 2. The Kier molecular flexibility index (Phi) is 8.14. The van der Waals surface area contributed by atoms with E-state index in [-0.39, 0.29) is 36.6 Å². The molecule has 0 amide bonds. The molecule has 1 aliphatic rings. The number of fused-ring (bicyclic) bond motifs is 1. The summed E-state index contributed by atoms with van der Waals surface area (Å²) < 4.78 is 32.0. The average Bonchev–Trinajstić information content (AvgIpc) is 3.36. The Balaban J connectivity index is 1.55. The SMILES string of the molecule is CC(C)OC(=O)[C@H](C)N[P@](=O)(OC[C@H]1C[C@@H](n2cnc3c(N)nc(N)nc32)[C@](C)(O)[C@@H]1O)Oc1ccccc1. The molecule has 0 bridgehead atoms. The first kappa shape index (κ1) is 28.7. The summed E-state index contributed by atoms with van der Waals surface area (Å²) in [6, 6.07) is 6.58. The van der Waals surface area contributed by atoms with Crippen LogP contribution >= 0.6 is 7.75 Å². The molecule has 39 heavy (non-hydrogen) atoms. The smallest absolute Gasteiger partial charge is 0.459 e. The third-order valence-electron chi connectivity index (χ3n) is 6.53. The van der Waals surface area contributed by atoms with Crippen molar-refractivity contribution in [3.63, 3.8) is 0 Å². The van der Waals surface area contributed by atoms with Crippen LogP contribution in [0.2, 0.25) is 0 Å². The molecule has 7 N–H and O–H groups in total. The first-order valence-corrected chi connectivity index (χ1v) is 14.0. The predicted molar refractivity (Wildman–Crippen MR) is 142 cm³/mol. The molecule has 212 valence electrons. The van der Waals surface area contributed by atoms with Gasteiger partial charge in [-0.15, -0.1) is 0 Å². The number of benzene rings is 1. The number of imidazole rings is 1. The number of hydrogen-bond acceptors (Lipinski definition) is 12. The van der Waals surface area contributed by atoms with Gasteiger partial charge in [-0.05, 0) is 46.2 Å². The number of nitrogens with zero attached hydrogens (tertiary/aromatic N) is 4. The average molecular weight is 564 g/mol. The molecule has 0 aliphatic heterocycles. The molecule has 1 aromatic carbocycles. The molecule has 0 saturated heterocycles. The number of aliphatic hydroxyl groups excluding tert-OH is 1. The van der Waals surface area contributed by atoms with Crippen molar-refractivity contribution < 1.29 is 33.4 Å². The molecule has 14 nitrogen and oxygen atoms in total. The van der Waals surface area contributed by atoms with Gasteiger partial charge in [-0.1, -0.05) is 18.2 Å². The normalized spacial score (nSPS) is 25.5. The van der Waals surface area contributed by atoms with Gasteiger partial charge in [0, 0.05) is 5.92 Å². The maximum Gasteiger partial charge on any atom is 0.459 e. The van der Waals surface area contributed by atoms with Gasteiger partial charge in [0.15, 0.2) is 11.5 Å². The number of esters is 1. The molecule has 2 heterocycles. The van der Waals surface area contributed by atoms with Crippen molar-refractivity contribution in [3.8, 4) is 5.75 Å². The molecule has 3 aromatic rings. The van der Waals surface area contributed by atoms with Crippen molar-refractivity contribution in [1.82, 2.24) is 24.6 Å². The van der Waals surface area contributed by atoms with Crippen molar-refractivity contribution in [2.24, 2.45) is 5.92 Å². The molecule has 15 heteroatoms. The maximum atomic E-state index is 13.8. The van der Waals surface area contributed by atoms with Crippen LogP contribution in [0.25, 0.3) is 11.2 Å². The zero-order valence-electron chi connectivity index (χ0n) is 22.1. The lowest BCUT2D eigenvalue weighted by molar-refractivity contribution is -0.149. The number of aliphatic hydroxyl groups is 2. The summed E-state index contributed by atoms with van der Waals surface area (Å²) in [6.45, 7) is 6.07. The van der Waals surface area contributed by atoms with E-state index >= 15 is 0 Å². The fourth-order valence-electron chi connectivity index (χ4n) is 4.60. The second-order valence-corrected chi connectivity index (χ2v) is 11.7. The molecule has 1 fully saturated rings. The number of rotatable bonds is 10. The molecular formula is C24H34N7O7P. The van der Waals surface area contributed by atoms with Crippen LogP contribution in [0.5, 0.6) is 5.75 Å². The molecule has 0 unspecified atom stereocenters. The van der Waals surface area contributed by atoms with Gasteiger partial charge < -0.3 is 35.5 Å². The number of carbonyl (C=O) groups excluding carboxylic acids is 1. The van der Waals surface area contributed by atoms with E-state index in [1.54, 1.807) is 48.7 Å². The van der Waals surface area contributed by atoms with Gasteiger partial charge in [-0.2, -0.15) is 15.1 Å². The van der Waals surface area contributed by atoms with Crippen molar-refractivity contribution in [3.05, 3.63) is 36.7 Å². The zero-order chi connectivity index (χ0) is 28.5. The van der Waals surface area contributed by atoms with Crippen molar-refractivity contribution in [2.75, 3.05) is 18.1 Å². The first-order chi connectivity index (χ1) is 18.3. The summed E-state index contributed by atoms with van der Waals surface area (Å²) in [6.07, 6.45) is -0.0261. The molecule has 0 radical (unpaired) electrons. The van der Waals surface area contributed by atoms with Gasteiger partial charge in [0.1, 0.15) is 22.9 Å². The second kappa shape index (κ2) is 11.1. The highest BCUT2D eigenvalue weighted by Crippen LogP contribution is 2.49. The standard InChI is InChI=1S/C24H34N7O7P/c1-13(2)37-22(33)14(3)30-39(35,38-16-8-6-5-7-9-16)36-11-15-10-17(24(4,34)19(15)32)31-12-27-18-20(25)28-23(26)29-21(18)31/h5-9,12-15,17,19,32,34H,10-11H2,1-4H3,(H,30,35)(H4,25,26,28,29)/t14-,15+,17+,19+,24-,39-/m0/s1. The minimum absolute atomic E-state index is 0.0602. The number of ether oxygens (including phenoxy) is 1. The third kappa shape index (κ3) is 6.15. The van der Waals surface area contributed by atoms with Crippen LogP contribution in [-0.4, -0.2) is 66.2 Å². The van der Waals surface area contributed by atoms with Crippen LogP contribution in [0.15, 0.2) is 36.7 Å². The van der Waals surface area contributed by atoms with Gasteiger partial charge >= 0.3 is 13.7 Å². The Morgan fingerprint density at radius 3 is 2.62 bits per heavy atom. The van der Waals surface area contributed by atoms with Gasteiger partial charge in [0.05, 0.1) is 31.2 Å². The lowest BCUT2D eigenvalue weighted by atomic mass is 9.96. The minimum atomic E-state index is -4.16. The Bertz CT molecular complexity index is 1370. The number of carbonyl (C=O) groups is 1. The van der Waals surface area contributed by atoms with Gasteiger partial charge in [-0.25, -0.2) is 9.55 Å². The Hall–Kier alpha value is -3.29. The van der Waals surface area contributed by atoms with E-state index in [2.05, 4.69) is 20.0 Å². The Labute approximate surface area is 225 Å². The van der Waals surface area contributed by atoms with Crippen LogP contribution in [0.1, 0.15) is 40.2 Å². The van der Waals surface area contributed by atoms with Gasteiger partial charge in [-0.3, -0.25) is 9.32 Å². The number of aromatic nitrogens is 4. The highest BCUT2D eigenvalue weighted by atomic mass is 31.2. The van der Waals surface area contributed by atoms with E-state index < -0.39 is 43.4 Å². The predicted octanol–water partition coefficient (Wildman–Crippen LogP) is 1.80. The summed E-state index contributed by atoms with van der Waals surface area (Å²) in [7, 11) is -4.16. The number of nitrogen functional groups attached to an aromatic ring is 2. The van der Waals surface area contributed by atoms with Crippen molar-refractivity contribution in [2.45, 2.75) is 64.0 Å². The monoisotopic (exact) mass is 563 g/mol. The summed E-state index contributed by atoms with van der Waals surface area (Å²) in [5.74, 6) is -1.05. The first-order valence-electron chi connectivity index (χ1n) is 12.4. The third-order valence-corrected chi connectivity index (χ3v) is 8.18. The number of nitrogens with one attached hydrogen (secondary N) is 1. The summed E-state index contributed by atoms with van der Waals surface area (Å²) in [4.78, 5) is 24.7. The Morgan fingerprint density at radius 1 is 1.26 bits per heavy atom. The van der Waals surface area contributed by atoms with Crippen LogP contribution in [0.4, 0.5) is 11.8 Å². The largest absolute Gasteiger partial charge is 0.462 e. The van der Waals surface area contributed by atoms with Crippen LogP contribution in [-0.2, 0) is 18.6 Å². The summed E-state index contributed by atoms with van der Waals surface area (Å²) >= 11 is 0. The fourth-order valence-corrected chi connectivity index (χ4v) is 6.14. The van der Waals surface area contributed by atoms with Crippen LogP contribution in [0, 0.1) is 5.92 Å². The zero-order valence-corrected chi connectivity index (χ0v) is 23.0. The molecule has 4 rings (SSSR count). The fraction of sp³-hybridized carbons (Fsp3) is 0.500. The lowest BCUT2D eigenvalue weighted by Gasteiger charge is -2.30. The van der Waals surface area contributed by atoms with Crippen molar-refractivity contribution >= 4 is 36.6 Å². The highest BCUT2D eigenvalue weighted by Gasteiger charge is 2.52. The van der Waals surface area contributed by atoms with Crippen LogP contribution < -0.4 is 21.1 Å². The maximum absolute atomic E-state index is 13.8. The number of anilines is 2. The minimum Gasteiger partial charge on any atom is -0.462 e. The van der Waals surface area contributed by atoms with Crippen LogP contribution in [0.3, 0.4) is 0 Å². The number of hydrogen-bond donors (Lipinski definition) is 5. The van der Waals surface area contributed by atoms with E-state index in [9.17, 15) is 19.6 Å². The number of para-hydroxylation sites is 1. The topological polar surface area (TPSA) is 210 Å². The molecule has 6 atom stereocenters. The quantitative estimate of drug-likeness (QED) is 0.176. The second-order valence-electron chi connectivity index (χ2n) is 10.0. The summed E-state index contributed by atoms with van der Waals surface area (Å²) in [5.41, 5.74) is 10.6. The molecular weight excluding hydrogens is 529 g/mol. The summed E-state index contributed by atoms with van der Waals surface area (Å²) in [5, 5.41) is 25.0. The highest BCUT2D eigenvalue weighted by molar-refractivity contribution is 7.52. The molecule has 2 aromatic heterocycles. The van der Waals surface area contributed by atoms with E-state index in [0.717, 1.165) is 0 Å². The van der Waals surface area contributed by atoms with E-state index in [1.807, 2.05) is 0 Å². The van der Waals surface area contributed by atoms with E-state index in [4.69, 9.17) is 25.3 Å². The molecule has 1 saturated carbocycles. The van der Waals surface area contributed by atoms with E-state index in [0.29, 0.717) is 11.2 Å². The molecule has 0 spiro atoms. The van der Waals surface area contributed by atoms with E-state index in [1.165, 1.54) is 20.2 Å². The van der Waals surface area contributed by atoms with Crippen molar-refractivity contribution in [1.29, 1.82) is 0 Å². The van der Waals surface area contributed by atoms with Gasteiger partial charge in [0.25, 0.3) is 0 Å².